The van der Waals surface area contributed by atoms with Crippen LogP contribution in [0.15, 0.2) is 146 Å². The van der Waals surface area contributed by atoms with Crippen LogP contribution >= 0.6 is 0 Å². The summed E-state index contributed by atoms with van der Waals surface area (Å²) in [7, 11) is 5.92. The van der Waals surface area contributed by atoms with E-state index in [9.17, 15) is 19.5 Å². The van der Waals surface area contributed by atoms with Crippen molar-refractivity contribution in [3.05, 3.63) is 146 Å². The maximum Gasteiger partial charge on any atom is 0.306 e. The van der Waals surface area contributed by atoms with Crippen molar-refractivity contribution in [1.82, 2.24) is 0 Å². The number of hydrogen-bond acceptors (Lipinski definition) is 8. The number of carboxylic acid groups (broad SMARTS) is 1. The molecule has 0 rings (SSSR count). The summed E-state index contributed by atoms with van der Waals surface area (Å²) in [6.07, 6.45) is 92.0. The van der Waals surface area contributed by atoms with Crippen LogP contribution in [0.4, 0.5) is 0 Å². The SMILES string of the molecule is CC/C=C\C/C=C\C/C=C\C/C=C\C/C=C\C/C=C\C/C=C\C/C=C\CCCCCCCCCCCCC(=O)OC(COC(=O)CCCCCCCCCCCCCC/C=C\C/C=C\C/C=C\C/C=C\CC)COC(OCC[N+](C)(C)C)C(=O)[O-]. The van der Waals surface area contributed by atoms with Crippen molar-refractivity contribution in [3.63, 3.8) is 0 Å². The highest BCUT2D eigenvalue weighted by molar-refractivity contribution is 5.70. The van der Waals surface area contributed by atoms with Crippen LogP contribution < -0.4 is 5.11 Å². The number of ether oxygens (including phenoxy) is 4. The number of unbranched alkanes of at least 4 members (excludes halogenated alkanes) is 22. The zero-order chi connectivity index (χ0) is 61.9. The molecule has 0 fully saturated rings. The molecule has 85 heavy (non-hydrogen) atoms. The largest absolute Gasteiger partial charge is 0.545 e. The van der Waals surface area contributed by atoms with E-state index in [0.29, 0.717) is 17.4 Å². The van der Waals surface area contributed by atoms with Crippen LogP contribution in [0.5, 0.6) is 0 Å². The van der Waals surface area contributed by atoms with Gasteiger partial charge in [0, 0.05) is 12.8 Å². The molecule has 0 N–H and O–H groups in total. The molecule has 482 valence electrons. The molecule has 0 spiro atoms. The first-order valence-electron chi connectivity index (χ1n) is 34.0. The van der Waals surface area contributed by atoms with Gasteiger partial charge >= 0.3 is 11.9 Å². The highest BCUT2D eigenvalue weighted by atomic mass is 16.7. The summed E-state index contributed by atoms with van der Waals surface area (Å²) >= 11 is 0. The number of carboxylic acids is 1. The van der Waals surface area contributed by atoms with Crippen molar-refractivity contribution in [2.45, 2.75) is 270 Å². The summed E-state index contributed by atoms with van der Waals surface area (Å²) in [6, 6.07) is 0. The van der Waals surface area contributed by atoms with Gasteiger partial charge < -0.3 is 33.3 Å². The lowest BCUT2D eigenvalue weighted by Crippen LogP contribution is -2.44. The van der Waals surface area contributed by atoms with Gasteiger partial charge in [0.15, 0.2) is 12.4 Å². The number of rotatable bonds is 61. The Morgan fingerprint density at radius 2 is 0.635 bits per heavy atom. The predicted octanol–water partition coefficient (Wildman–Crippen LogP) is 19.8. The van der Waals surface area contributed by atoms with Gasteiger partial charge in [0.05, 0.1) is 40.3 Å². The molecule has 9 heteroatoms. The van der Waals surface area contributed by atoms with E-state index in [-0.39, 0.29) is 38.6 Å². The third kappa shape index (κ3) is 66.5. The molecule has 0 aliphatic carbocycles. The van der Waals surface area contributed by atoms with Gasteiger partial charge in [0.1, 0.15) is 13.2 Å². The summed E-state index contributed by atoms with van der Waals surface area (Å²) in [5.41, 5.74) is 0. The number of quaternary nitrogens is 1. The van der Waals surface area contributed by atoms with Gasteiger partial charge in [-0.3, -0.25) is 9.59 Å². The average Bonchev–Trinajstić information content (AvgIpc) is 3.48. The van der Waals surface area contributed by atoms with Crippen molar-refractivity contribution in [2.24, 2.45) is 0 Å². The zero-order valence-corrected chi connectivity index (χ0v) is 54.9. The number of aliphatic carboxylic acids is 1. The standard InChI is InChI=1S/C76H125NO8/c1-6-8-10-12-14-16-18-20-22-24-26-28-30-32-33-34-35-36-37-38-39-40-41-43-45-47-49-51-53-55-57-59-61-63-65-67-74(79)85-72(71-84-76(75(80)81)82-69-68-77(3,4)5)70-83-73(78)66-64-62-60-58-56-54-52-50-48-46-44-42-31-29-27-25-23-21-19-17-15-13-11-9-7-2/h8-11,14-17,20-23,26-29,32-33,35-36,38-39,41,43,72,76H,6-7,12-13,18-19,24-25,30-31,34,37,40,42,44-71H2,1-5H3/b10-8-,11-9-,16-14-,17-15-,22-20-,23-21-,28-26-,29-27-,33-32-,36-35-,39-38-,43-41-. The first-order valence-corrected chi connectivity index (χ1v) is 34.0. The lowest BCUT2D eigenvalue weighted by Gasteiger charge is -2.26. The van der Waals surface area contributed by atoms with Crippen molar-refractivity contribution in [3.8, 4) is 0 Å². The molecule has 0 aliphatic heterocycles. The fraction of sp³-hybridized carbons (Fsp3) is 0.645. The Hall–Kier alpha value is -4.83. The number of likely N-dealkylation sites (N-methyl/N-ethyl adjacent to an activating group) is 1. The second-order valence-corrected chi connectivity index (χ2v) is 23.3. The van der Waals surface area contributed by atoms with Gasteiger partial charge in [-0.1, -0.05) is 275 Å². The topological polar surface area (TPSA) is 111 Å². The molecule has 0 saturated heterocycles. The minimum Gasteiger partial charge on any atom is -0.545 e. The molecule has 0 aromatic carbocycles. The number of allylic oxidation sites excluding steroid dienone is 24. The molecule has 0 saturated carbocycles. The zero-order valence-electron chi connectivity index (χ0n) is 54.9. The lowest BCUT2D eigenvalue weighted by molar-refractivity contribution is -0.870. The van der Waals surface area contributed by atoms with E-state index in [1.165, 1.54) is 103 Å². The Morgan fingerprint density at radius 1 is 0.353 bits per heavy atom. The van der Waals surface area contributed by atoms with E-state index in [1.807, 2.05) is 21.1 Å². The predicted molar refractivity (Wildman–Crippen MR) is 361 cm³/mol. The van der Waals surface area contributed by atoms with Crippen LogP contribution in [0.2, 0.25) is 0 Å². The first kappa shape index (κ1) is 80.2. The summed E-state index contributed by atoms with van der Waals surface area (Å²) in [6.45, 7) is 4.51. The van der Waals surface area contributed by atoms with Crippen LogP contribution in [-0.4, -0.2) is 82.3 Å². The smallest absolute Gasteiger partial charge is 0.306 e. The molecule has 0 bridgehead atoms. The summed E-state index contributed by atoms with van der Waals surface area (Å²) in [5.74, 6) is -2.30. The second kappa shape index (κ2) is 65.2. The fourth-order valence-electron chi connectivity index (χ4n) is 8.96. The Bertz CT molecular complexity index is 1900. The molecule has 0 amide bonds. The van der Waals surface area contributed by atoms with Gasteiger partial charge in [-0.05, 0) is 116 Å². The first-order chi connectivity index (χ1) is 41.6. The molecule has 2 unspecified atom stereocenters. The third-order valence-corrected chi connectivity index (χ3v) is 14.1. The maximum atomic E-state index is 12.9. The number of esters is 2. The van der Waals surface area contributed by atoms with E-state index >= 15 is 0 Å². The second-order valence-electron chi connectivity index (χ2n) is 23.3. The molecular formula is C76H125NO8. The maximum absolute atomic E-state index is 12.9. The average molecular weight is 1180 g/mol. The molecule has 0 aromatic rings. The van der Waals surface area contributed by atoms with Crippen LogP contribution in [0, 0.1) is 0 Å². The van der Waals surface area contributed by atoms with Gasteiger partial charge in [-0.25, -0.2) is 0 Å². The minimum atomic E-state index is -1.63. The summed E-state index contributed by atoms with van der Waals surface area (Å²) < 4.78 is 22.8. The number of carbonyl (C=O) groups excluding carboxylic acids is 3. The third-order valence-electron chi connectivity index (χ3n) is 14.1. The summed E-state index contributed by atoms with van der Waals surface area (Å²) in [4.78, 5) is 37.5. The van der Waals surface area contributed by atoms with E-state index in [4.69, 9.17) is 18.9 Å². The van der Waals surface area contributed by atoms with Crippen LogP contribution in [0.3, 0.4) is 0 Å². The number of carbonyl (C=O) groups is 3. The van der Waals surface area contributed by atoms with Crippen molar-refractivity contribution in [1.29, 1.82) is 0 Å². The van der Waals surface area contributed by atoms with Crippen molar-refractivity contribution in [2.75, 3.05) is 47.5 Å². The number of hydrogen-bond donors (Lipinski definition) is 0. The monoisotopic (exact) mass is 1180 g/mol. The Morgan fingerprint density at radius 3 is 0.941 bits per heavy atom. The Kier molecular flexibility index (Phi) is 61.4. The molecule has 9 nitrogen and oxygen atoms in total. The number of nitrogens with zero attached hydrogens (tertiary/aromatic N) is 1. The summed E-state index contributed by atoms with van der Waals surface area (Å²) in [5, 5.41) is 11.8. The Labute approximate surface area is 522 Å². The highest BCUT2D eigenvalue weighted by Gasteiger charge is 2.22. The van der Waals surface area contributed by atoms with E-state index in [1.54, 1.807) is 0 Å². The normalized spacial score (nSPS) is 13.7. The van der Waals surface area contributed by atoms with Gasteiger partial charge in [0.25, 0.3) is 0 Å². The molecule has 0 aliphatic rings. The van der Waals surface area contributed by atoms with E-state index in [2.05, 4.69) is 160 Å². The van der Waals surface area contributed by atoms with Crippen LogP contribution in [0.25, 0.3) is 0 Å². The van der Waals surface area contributed by atoms with Gasteiger partial charge in [-0.15, -0.1) is 0 Å². The molecule has 2 atom stereocenters. The van der Waals surface area contributed by atoms with Crippen molar-refractivity contribution >= 4 is 17.9 Å². The molecule has 0 radical (unpaired) electrons. The quantitative estimate of drug-likeness (QED) is 0.0195. The van der Waals surface area contributed by atoms with E-state index < -0.39 is 24.3 Å². The van der Waals surface area contributed by atoms with Crippen LogP contribution in [-0.2, 0) is 33.3 Å². The highest BCUT2D eigenvalue weighted by Crippen LogP contribution is 2.16. The van der Waals surface area contributed by atoms with Crippen molar-refractivity contribution < 1.29 is 42.9 Å². The molecular weight excluding hydrogens is 1050 g/mol. The Balaban J connectivity index is 4.19. The molecule has 0 heterocycles. The van der Waals surface area contributed by atoms with E-state index in [0.717, 1.165) is 122 Å². The van der Waals surface area contributed by atoms with Gasteiger partial charge in [-0.2, -0.15) is 0 Å². The fourth-order valence-corrected chi connectivity index (χ4v) is 8.96. The van der Waals surface area contributed by atoms with Crippen LogP contribution in [0.1, 0.15) is 258 Å². The van der Waals surface area contributed by atoms with Gasteiger partial charge in [0.2, 0.25) is 0 Å². The minimum absolute atomic E-state index is 0.140. The molecule has 0 aromatic heterocycles. The lowest BCUT2D eigenvalue weighted by atomic mass is 10.0.